The first-order valence-electron chi connectivity index (χ1n) is 6.31. The number of aliphatic hydroxyl groups excluding tert-OH is 1. The maximum Gasteiger partial charge on any atom is 0.163 e. The zero-order valence-corrected chi connectivity index (χ0v) is 11.9. The molecule has 2 aromatic rings. The second-order valence-corrected chi connectivity index (χ2v) is 4.70. The summed E-state index contributed by atoms with van der Waals surface area (Å²) in [5.74, 6) is 0.556. The quantitative estimate of drug-likeness (QED) is 0.819. The smallest absolute Gasteiger partial charge is 0.163 e. The zero-order chi connectivity index (χ0) is 14.5. The van der Waals surface area contributed by atoms with Crippen molar-refractivity contribution < 1.29 is 9.84 Å². The molecule has 1 atom stereocenters. The fourth-order valence-electron chi connectivity index (χ4n) is 1.89. The van der Waals surface area contributed by atoms with Crippen molar-refractivity contribution in [3.8, 4) is 5.75 Å². The molecule has 2 aromatic heterocycles. The highest BCUT2D eigenvalue weighted by molar-refractivity contribution is 5.33. The van der Waals surface area contributed by atoms with Crippen LogP contribution in [0.1, 0.15) is 17.4 Å². The molecule has 0 aliphatic heterocycles. The first-order valence-corrected chi connectivity index (χ1v) is 6.31. The third-order valence-corrected chi connectivity index (χ3v) is 2.98. The van der Waals surface area contributed by atoms with Crippen LogP contribution >= 0.6 is 0 Å². The number of aliphatic hydroxyl groups is 1. The number of ether oxygens (including phenoxy) is 1. The van der Waals surface area contributed by atoms with Gasteiger partial charge in [-0.25, -0.2) is 9.97 Å². The van der Waals surface area contributed by atoms with E-state index < -0.39 is 6.10 Å². The van der Waals surface area contributed by atoms with E-state index in [1.165, 1.54) is 6.33 Å². The Morgan fingerprint density at radius 1 is 1.30 bits per heavy atom. The maximum atomic E-state index is 10.5. The van der Waals surface area contributed by atoms with Crippen molar-refractivity contribution in [1.82, 2.24) is 24.6 Å². The second kappa shape index (κ2) is 6.44. The van der Waals surface area contributed by atoms with E-state index in [1.54, 1.807) is 30.4 Å². The standard InChI is InChI=1S/C13H19N5O2/c1-17(2)4-5-18-12(11(20-3)8-16-18)13(19)10-6-14-9-15-7-10/h6-9,13,19H,4-5H2,1-3H3. The average Bonchev–Trinajstić information content (AvgIpc) is 2.88. The summed E-state index contributed by atoms with van der Waals surface area (Å²) in [4.78, 5) is 9.90. The van der Waals surface area contributed by atoms with Crippen molar-refractivity contribution in [3.05, 3.63) is 36.2 Å². The van der Waals surface area contributed by atoms with Crippen LogP contribution < -0.4 is 4.74 Å². The molecule has 0 aliphatic rings. The first kappa shape index (κ1) is 14.4. The summed E-state index contributed by atoms with van der Waals surface area (Å²) in [6.07, 6.45) is 5.34. The van der Waals surface area contributed by atoms with Gasteiger partial charge in [0.25, 0.3) is 0 Å². The van der Waals surface area contributed by atoms with Gasteiger partial charge in [0.2, 0.25) is 0 Å². The molecule has 108 valence electrons. The van der Waals surface area contributed by atoms with Crippen LogP contribution in [-0.2, 0) is 6.54 Å². The summed E-state index contributed by atoms with van der Waals surface area (Å²) >= 11 is 0. The molecule has 0 amide bonds. The number of aromatic nitrogens is 4. The molecular weight excluding hydrogens is 258 g/mol. The van der Waals surface area contributed by atoms with Crippen LogP contribution in [0.25, 0.3) is 0 Å². The van der Waals surface area contributed by atoms with Crippen molar-refractivity contribution in [3.63, 3.8) is 0 Å². The number of nitrogens with zero attached hydrogens (tertiary/aromatic N) is 5. The summed E-state index contributed by atoms with van der Waals surface area (Å²) in [6, 6.07) is 0. The van der Waals surface area contributed by atoms with Gasteiger partial charge in [-0.3, -0.25) is 4.68 Å². The third-order valence-electron chi connectivity index (χ3n) is 2.98. The number of hydrogen-bond donors (Lipinski definition) is 1. The summed E-state index contributed by atoms with van der Waals surface area (Å²) in [5, 5.41) is 14.8. The zero-order valence-electron chi connectivity index (χ0n) is 11.9. The van der Waals surface area contributed by atoms with Gasteiger partial charge >= 0.3 is 0 Å². The minimum atomic E-state index is -0.865. The van der Waals surface area contributed by atoms with Gasteiger partial charge in [-0.15, -0.1) is 0 Å². The van der Waals surface area contributed by atoms with Crippen LogP contribution in [0.3, 0.4) is 0 Å². The van der Waals surface area contributed by atoms with E-state index in [9.17, 15) is 5.11 Å². The number of methoxy groups -OCH3 is 1. The van der Waals surface area contributed by atoms with Crippen molar-refractivity contribution in [2.45, 2.75) is 12.6 Å². The molecule has 0 aliphatic carbocycles. The van der Waals surface area contributed by atoms with Gasteiger partial charge in [0.1, 0.15) is 18.1 Å². The second-order valence-electron chi connectivity index (χ2n) is 4.70. The Kier molecular flexibility index (Phi) is 4.65. The fourth-order valence-corrected chi connectivity index (χ4v) is 1.89. The van der Waals surface area contributed by atoms with Gasteiger partial charge in [-0.1, -0.05) is 0 Å². The highest BCUT2D eigenvalue weighted by Crippen LogP contribution is 2.29. The Morgan fingerprint density at radius 2 is 2.00 bits per heavy atom. The molecule has 1 N–H and O–H groups in total. The van der Waals surface area contributed by atoms with E-state index >= 15 is 0 Å². The van der Waals surface area contributed by atoms with Gasteiger partial charge in [0, 0.05) is 24.5 Å². The monoisotopic (exact) mass is 277 g/mol. The van der Waals surface area contributed by atoms with Crippen LogP contribution in [0.15, 0.2) is 24.9 Å². The minimum Gasteiger partial charge on any atom is -0.493 e. The molecule has 0 saturated heterocycles. The number of rotatable bonds is 6. The molecule has 0 saturated carbocycles. The topological polar surface area (TPSA) is 76.3 Å². The maximum absolute atomic E-state index is 10.5. The highest BCUT2D eigenvalue weighted by atomic mass is 16.5. The molecule has 0 aromatic carbocycles. The molecule has 0 fully saturated rings. The minimum absolute atomic E-state index is 0.556. The van der Waals surface area contributed by atoms with Gasteiger partial charge < -0.3 is 14.7 Å². The number of hydrogen-bond acceptors (Lipinski definition) is 6. The molecule has 1 unspecified atom stereocenters. The van der Waals surface area contributed by atoms with Crippen LogP contribution in [0.5, 0.6) is 5.75 Å². The lowest BCUT2D eigenvalue weighted by molar-refractivity contribution is 0.199. The Morgan fingerprint density at radius 3 is 2.60 bits per heavy atom. The normalized spacial score (nSPS) is 12.7. The predicted octanol–water partition coefficient (Wildman–Crippen LogP) is 0.325. The fraction of sp³-hybridized carbons (Fsp3) is 0.462. The van der Waals surface area contributed by atoms with E-state index in [-0.39, 0.29) is 0 Å². The van der Waals surface area contributed by atoms with E-state index in [0.29, 0.717) is 23.6 Å². The number of likely N-dealkylation sites (N-methyl/N-ethyl adjacent to an activating group) is 1. The summed E-state index contributed by atoms with van der Waals surface area (Å²) in [6.45, 7) is 1.48. The molecule has 0 radical (unpaired) electrons. The molecule has 2 rings (SSSR count). The predicted molar refractivity (Wildman–Crippen MR) is 73.4 cm³/mol. The molecule has 20 heavy (non-hydrogen) atoms. The first-order chi connectivity index (χ1) is 9.63. The van der Waals surface area contributed by atoms with Gasteiger partial charge in [-0.05, 0) is 14.1 Å². The highest BCUT2D eigenvalue weighted by Gasteiger charge is 2.22. The lowest BCUT2D eigenvalue weighted by Crippen LogP contribution is -2.21. The van der Waals surface area contributed by atoms with Crippen LogP contribution in [0.2, 0.25) is 0 Å². The lowest BCUT2D eigenvalue weighted by Gasteiger charge is -2.16. The SMILES string of the molecule is COc1cnn(CCN(C)C)c1C(O)c1cncnc1. The van der Waals surface area contributed by atoms with Crippen molar-refractivity contribution in [2.75, 3.05) is 27.7 Å². The lowest BCUT2D eigenvalue weighted by atomic mass is 10.1. The summed E-state index contributed by atoms with van der Waals surface area (Å²) in [7, 11) is 5.54. The van der Waals surface area contributed by atoms with Gasteiger partial charge in [0.15, 0.2) is 5.75 Å². The molecule has 2 heterocycles. The molecule has 0 spiro atoms. The largest absolute Gasteiger partial charge is 0.493 e. The average molecular weight is 277 g/mol. The van der Waals surface area contributed by atoms with E-state index in [1.807, 2.05) is 14.1 Å². The van der Waals surface area contributed by atoms with Crippen LogP contribution in [0, 0.1) is 0 Å². The summed E-state index contributed by atoms with van der Waals surface area (Å²) < 4.78 is 7.02. The van der Waals surface area contributed by atoms with Crippen LogP contribution in [-0.4, -0.2) is 57.5 Å². The van der Waals surface area contributed by atoms with Crippen molar-refractivity contribution in [2.24, 2.45) is 0 Å². The third kappa shape index (κ3) is 3.12. The molecule has 7 nitrogen and oxygen atoms in total. The Bertz CT molecular complexity index is 541. The Hall–Kier alpha value is -1.99. The molecular formula is C13H19N5O2. The van der Waals surface area contributed by atoms with Crippen molar-refractivity contribution in [1.29, 1.82) is 0 Å². The van der Waals surface area contributed by atoms with Gasteiger partial charge in [-0.2, -0.15) is 5.10 Å². The molecule has 0 bridgehead atoms. The van der Waals surface area contributed by atoms with E-state index in [0.717, 1.165) is 6.54 Å². The van der Waals surface area contributed by atoms with E-state index in [4.69, 9.17) is 4.74 Å². The van der Waals surface area contributed by atoms with Crippen LogP contribution in [0.4, 0.5) is 0 Å². The Labute approximate surface area is 117 Å². The van der Waals surface area contributed by atoms with Crippen molar-refractivity contribution >= 4 is 0 Å². The summed E-state index contributed by atoms with van der Waals surface area (Å²) in [5.41, 5.74) is 1.22. The molecule has 7 heteroatoms. The Balaban J connectivity index is 2.30. The van der Waals surface area contributed by atoms with Gasteiger partial charge in [0.05, 0.1) is 19.9 Å². The van der Waals surface area contributed by atoms with E-state index in [2.05, 4.69) is 20.0 Å².